The number of amides is 2. The molecule has 13 heteroatoms. The van der Waals surface area contributed by atoms with E-state index in [9.17, 15) is 19.2 Å². The number of carbonyl (C=O) groups is 4. The zero-order valence-electron chi connectivity index (χ0n) is 35.2. The molecule has 2 amide bonds. The summed E-state index contributed by atoms with van der Waals surface area (Å²) >= 11 is 0. The second kappa shape index (κ2) is 24.7. The maximum Gasteiger partial charge on any atom is 1.00 e. The van der Waals surface area contributed by atoms with E-state index in [1.807, 2.05) is 81.4 Å². The predicted octanol–water partition coefficient (Wildman–Crippen LogP) is 6.53. The molecule has 2 saturated carbocycles. The van der Waals surface area contributed by atoms with Crippen LogP contribution in [0, 0.1) is 23.7 Å². The summed E-state index contributed by atoms with van der Waals surface area (Å²) in [6.07, 6.45) is 9.04. The Kier molecular flexibility index (Phi) is 20.9. The summed E-state index contributed by atoms with van der Waals surface area (Å²) in [4.78, 5) is 51.1. The largest absolute Gasteiger partial charge is 1.00 e. The minimum absolute atomic E-state index is 0. The van der Waals surface area contributed by atoms with Crippen molar-refractivity contribution in [2.24, 2.45) is 23.7 Å². The van der Waals surface area contributed by atoms with E-state index < -0.39 is 26.3 Å². The van der Waals surface area contributed by atoms with E-state index in [0.717, 1.165) is 24.0 Å². The SMILES string of the molecule is COB(OC)C(CC(=O)C(Cc1ccccc1)NC(=O)C(C)C)CC1CC1.COB(OC)C(CC(=O)C(Cc1ccccc1)NC(=O)C(C)CP)CC1CC1.[H+]. The number of Topliss-reactive ketones (excluding diaryl/α,β-unsaturated/α-hetero) is 2. The van der Waals surface area contributed by atoms with E-state index in [4.69, 9.17) is 18.6 Å². The molecule has 0 spiro atoms. The zero-order chi connectivity index (χ0) is 40.3. The molecule has 0 aliphatic heterocycles. The first-order valence-corrected chi connectivity index (χ1v) is 20.8. The van der Waals surface area contributed by atoms with Gasteiger partial charge in [0.2, 0.25) is 11.8 Å². The van der Waals surface area contributed by atoms with Gasteiger partial charge in [-0.1, -0.05) is 107 Å². The van der Waals surface area contributed by atoms with Gasteiger partial charge in [0.1, 0.15) is 0 Å². The first kappa shape index (κ1) is 46.5. The standard InChI is InChI=1S/C21H33BNO4P.C21H32BNO4/c1-15(14-28)21(25)23-19(12-16-7-5-4-6-8-16)20(24)13-18(11-17-9-10-17)22(26-2)27-3;1-15(2)21(25)23-19(13-16-8-6-5-7-9-16)20(24)14-18(12-17-10-11-17)22(26-3)27-4/h4-8,15,17-19H,9-14,28H2,1-3H3,(H,23,25);5-9,15,17-19H,10-14H2,1-4H3,(H,23,25)/p+1. The Balaban J connectivity index is 0.000000380. The fraction of sp³-hybridized carbons (Fsp3) is 0.619. The van der Waals surface area contributed by atoms with Gasteiger partial charge in [0, 0.05) is 64.8 Å². The summed E-state index contributed by atoms with van der Waals surface area (Å²) in [6, 6.07) is 18.6. The van der Waals surface area contributed by atoms with Gasteiger partial charge in [0.15, 0.2) is 11.6 Å². The Hall–Kier alpha value is -2.88. The van der Waals surface area contributed by atoms with Crippen LogP contribution < -0.4 is 10.6 Å². The Labute approximate surface area is 334 Å². The summed E-state index contributed by atoms with van der Waals surface area (Å²) < 4.78 is 21.8. The van der Waals surface area contributed by atoms with E-state index in [1.54, 1.807) is 28.4 Å². The number of hydrogen-bond donors (Lipinski definition) is 2. The van der Waals surface area contributed by atoms with Crippen molar-refractivity contribution in [2.45, 2.75) is 109 Å². The van der Waals surface area contributed by atoms with Crippen LogP contribution in [0.5, 0.6) is 0 Å². The molecule has 0 saturated heterocycles. The van der Waals surface area contributed by atoms with Gasteiger partial charge in [-0.25, -0.2) is 0 Å². The molecule has 2 aromatic carbocycles. The third kappa shape index (κ3) is 17.0. The summed E-state index contributed by atoms with van der Waals surface area (Å²) in [5.74, 6) is 0.913. The molecule has 2 aliphatic carbocycles. The van der Waals surface area contributed by atoms with Crippen molar-refractivity contribution in [2.75, 3.05) is 34.6 Å². The van der Waals surface area contributed by atoms with Gasteiger partial charge in [-0.15, -0.1) is 9.24 Å². The average Bonchev–Trinajstić information content (AvgIpc) is 4.14. The predicted molar refractivity (Wildman–Crippen MR) is 225 cm³/mol. The summed E-state index contributed by atoms with van der Waals surface area (Å²) in [5, 5.41) is 5.93. The quantitative estimate of drug-likeness (QED) is 0.0861. The topological polar surface area (TPSA) is 129 Å². The molecule has 0 heterocycles. The summed E-state index contributed by atoms with van der Waals surface area (Å²) in [5.41, 5.74) is 2.07. The zero-order valence-corrected chi connectivity index (χ0v) is 35.3. The molecule has 4 rings (SSSR count). The van der Waals surface area contributed by atoms with Gasteiger partial charge in [-0.2, -0.15) is 0 Å². The van der Waals surface area contributed by atoms with Crippen LogP contribution >= 0.6 is 9.24 Å². The van der Waals surface area contributed by atoms with Crippen LogP contribution in [-0.2, 0) is 50.6 Å². The lowest BCUT2D eigenvalue weighted by Crippen LogP contribution is -2.45. The number of rotatable bonds is 25. The fourth-order valence-corrected chi connectivity index (χ4v) is 7.07. The highest BCUT2D eigenvalue weighted by molar-refractivity contribution is 7.16. The molecule has 0 bridgehead atoms. The van der Waals surface area contributed by atoms with Crippen molar-refractivity contribution in [1.82, 2.24) is 10.6 Å². The van der Waals surface area contributed by atoms with Gasteiger partial charge in [-0.05, 0) is 54.8 Å². The van der Waals surface area contributed by atoms with E-state index in [1.165, 1.54) is 25.7 Å². The third-order valence-corrected chi connectivity index (χ3v) is 11.3. The van der Waals surface area contributed by atoms with Crippen molar-refractivity contribution < 1.29 is 39.2 Å². The van der Waals surface area contributed by atoms with Crippen molar-refractivity contribution in [3.63, 3.8) is 0 Å². The summed E-state index contributed by atoms with van der Waals surface area (Å²) in [6.45, 7) is 5.54. The number of hydrogen-bond acceptors (Lipinski definition) is 8. The van der Waals surface area contributed by atoms with Gasteiger partial charge in [0.05, 0.1) is 12.1 Å². The van der Waals surface area contributed by atoms with Gasteiger partial charge in [-0.3, -0.25) is 19.2 Å². The van der Waals surface area contributed by atoms with Crippen LogP contribution in [0.25, 0.3) is 0 Å². The average molecular weight is 780 g/mol. The normalized spacial score (nSPS) is 16.5. The molecule has 2 aliphatic rings. The summed E-state index contributed by atoms with van der Waals surface area (Å²) in [7, 11) is 8.24. The minimum atomic E-state index is -0.537. The lowest BCUT2D eigenvalue weighted by molar-refractivity contribution is -0.129. The second-order valence-corrected chi connectivity index (χ2v) is 16.2. The molecule has 55 heavy (non-hydrogen) atoms. The van der Waals surface area contributed by atoms with Crippen LogP contribution in [0.1, 0.15) is 84.7 Å². The molecule has 2 fully saturated rings. The Morgan fingerprint density at radius 1 is 0.655 bits per heavy atom. The molecule has 2 N–H and O–H groups in total. The second-order valence-electron chi connectivity index (χ2n) is 15.7. The number of benzene rings is 2. The lowest BCUT2D eigenvalue weighted by atomic mass is 9.66. The highest BCUT2D eigenvalue weighted by Gasteiger charge is 2.39. The van der Waals surface area contributed by atoms with E-state index in [-0.39, 0.29) is 48.3 Å². The van der Waals surface area contributed by atoms with Crippen LogP contribution in [0.3, 0.4) is 0 Å². The highest BCUT2D eigenvalue weighted by Crippen LogP contribution is 2.41. The van der Waals surface area contributed by atoms with Gasteiger partial charge >= 0.3 is 15.7 Å². The van der Waals surface area contributed by atoms with Crippen LogP contribution in [0.15, 0.2) is 60.7 Å². The Morgan fingerprint density at radius 3 is 1.33 bits per heavy atom. The molecule has 10 nitrogen and oxygen atoms in total. The lowest BCUT2D eigenvalue weighted by Gasteiger charge is -2.24. The molecular weight excluding hydrogens is 713 g/mol. The van der Waals surface area contributed by atoms with Crippen molar-refractivity contribution >= 4 is 46.9 Å². The Bertz CT molecular complexity index is 1450. The van der Waals surface area contributed by atoms with Crippen LogP contribution in [0.2, 0.25) is 11.6 Å². The van der Waals surface area contributed by atoms with Crippen LogP contribution in [-0.4, -0.2) is 84.3 Å². The number of nitrogens with one attached hydrogen (secondary N) is 2. The molecular formula is C42H66B2N2O8P+. The number of carbonyl (C=O) groups excluding carboxylic acids is 4. The molecule has 2 aromatic rings. The maximum atomic E-state index is 13.2. The van der Waals surface area contributed by atoms with Crippen molar-refractivity contribution in [3.8, 4) is 0 Å². The van der Waals surface area contributed by atoms with Gasteiger partial charge in [0.25, 0.3) is 0 Å². The van der Waals surface area contributed by atoms with E-state index in [2.05, 4.69) is 19.9 Å². The highest BCUT2D eigenvalue weighted by atomic mass is 31.0. The first-order valence-electron chi connectivity index (χ1n) is 20.0. The first-order chi connectivity index (χ1) is 26.4. The molecule has 302 valence electrons. The molecule has 6 unspecified atom stereocenters. The van der Waals surface area contributed by atoms with Crippen molar-refractivity contribution in [1.29, 1.82) is 0 Å². The van der Waals surface area contributed by atoms with E-state index in [0.29, 0.717) is 43.7 Å². The molecule has 6 atom stereocenters. The maximum absolute atomic E-state index is 13.2. The molecule has 0 radical (unpaired) electrons. The fourth-order valence-electron chi connectivity index (χ4n) is 6.86. The minimum Gasteiger partial charge on any atom is -0.414 e. The Morgan fingerprint density at radius 2 is 1.02 bits per heavy atom. The van der Waals surface area contributed by atoms with E-state index >= 15 is 0 Å². The van der Waals surface area contributed by atoms with Gasteiger partial charge < -0.3 is 29.3 Å². The third-order valence-electron chi connectivity index (χ3n) is 10.6. The van der Waals surface area contributed by atoms with Crippen LogP contribution in [0.4, 0.5) is 0 Å². The monoisotopic (exact) mass is 779 g/mol. The smallest absolute Gasteiger partial charge is 0.414 e. The van der Waals surface area contributed by atoms with Crippen molar-refractivity contribution in [3.05, 3.63) is 71.8 Å². The molecule has 0 aromatic heterocycles. The number of ketones is 2.